The number of benzene rings is 1. The molecule has 1 saturated heterocycles. The van der Waals surface area contributed by atoms with Gasteiger partial charge < -0.3 is 15.0 Å². The van der Waals surface area contributed by atoms with Gasteiger partial charge in [0.1, 0.15) is 6.10 Å². The average Bonchev–Trinajstić information content (AvgIpc) is 3.49. The molecule has 4 nitrogen and oxygen atoms in total. The molecule has 1 amide bonds. The van der Waals surface area contributed by atoms with Crippen LogP contribution < -0.4 is 10.1 Å². The molecule has 7 heteroatoms. The van der Waals surface area contributed by atoms with Crippen LogP contribution in [0.2, 0.25) is 0 Å². The summed E-state index contributed by atoms with van der Waals surface area (Å²) in [6.45, 7) is 4.90. The third-order valence-electron chi connectivity index (χ3n) is 7.30. The van der Waals surface area contributed by atoms with E-state index in [2.05, 4.69) is 17.1 Å². The Morgan fingerprint density at radius 1 is 1.03 bits per heavy atom. The normalized spacial score (nSPS) is 29.5. The molecule has 0 bridgehead atoms. The zero-order chi connectivity index (χ0) is 22.0. The summed E-state index contributed by atoms with van der Waals surface area (Å²) in [6.07, 6.45) is 8.00. The second kappa shape index (κ2) is 9.80. The Morgan fingerprint density at radius 2 is 1.68 bits per heavy atom. The largest absolute Gasteiger partial charge is 0.487 e. The van der Waals surface area contributed by atoms with Gasteiger partial charge in [-0.05, 0) is 69.7 Å². The Hall–Kier alpha value is -1.76. The van der Waals surface area contributed by atoms with Crippen molar-refractivity contribution in [3.05, 3.63) is 29.6 Å². The zero-order valence-corrected chi connectivity index (χ0v) is 18.2. The molecule has 31 heavy (non-hydrogen) atoms. The van der Waals surface area contributed by atoms with Crippen LogP contribution in [-0.4, -0.2) is 42.6 Å². The predicted molar refractivity (Wildman–Crippen MR) is 112 cm³/mol. The van der Waals surface area contributed by atoms with Crippen LogP contribution in [0.5, 0.6) is 5.75 Å². The maximum absolute atomic E-state index is 13.8. The number of carbonyl (C=O) groups excluding carboxylic acids is 1. The van der Waals surface area contributed by atoms with E-state index in [1.165, 1.54) is 12.8 Å². The number of halogens is 3. The molecule has 1 aliphatic heterocycles. The molecule has 1 N–H and O–H groups in total. The molecule has 2 saturated carbocycles. The van der Waals surface area contributed by atoms with Crippen LogP contribution in [0.3, 0.4) is 0 Å². The number of piperidine rings is 1. The second-order valence-electron chi connectivity index (χ2n) is 9.69. The van der Waals surface area contributed by atoms with Gasteiger partial charge in [-0.15, -0.1) is 0 Å². The van der Waals surface area contributed by atoms with Crippen LogP contribution in [0.25, 0.3) is 0 Å². The van der Waals surface area contributed by atoms with Gasteiger partial charge in [0.05, 0.1) is 0 Å². The van der Waals surface area contributed by atoms with Crippen molar-refractivity contribution in [2.75, 3.05) is 19.6 Å². The number of carbonyl (C=O) groups is 1. The number of ether oxygens (including phenoxy) is 1. The van der Waals surface area contributed by atoms with E-state index in [4.69, 9.17) is 4.74 Å². The van der Waals surface area contributed by atoms with E-state index < -0.39 is 17.5 Å². The van der Waals surface area contributed by atoms with Crippen LogP contribution in [0, 0.1) is 35.2 Å². The second-order valence-corrected chi connectivity index (χ2v) is 9.69. The van der Waals surface area contributed by atoms with Crippen molar-refractivity contribution >= 4 is 5.91 Å². The molecule has 0 spiro atoms. The molecule has 4 rings (SSSR count). The SMILES string of the molecule is C[C@@H]1C[C@H]1C(=O)NC1CCC(CCN2CCC(Oc3cc(F)c(F)cc3F)CC2)CC1. The average molecular weight is 439 g/mol. The first-order valence-electron chi connectivity index (χ1n) is 11.7. The summed E-state index contributed by atoms with van der Waals surface area (Å²) in [4.78, 5) is 14.5. The molecule has 3 aliphatic rings. The summed E-state index contributed by atoms with van der Waals surface area (Å²) < 4.78 is 45.8. The molecule has 3 fully saturated rings. The first-order valence-corrected chi connectivity index (χ1v) is 11.7. The molecule has 0 unspecified atom stereocenters. The van der Waals surface area contributed by atoms with Crippen LogP contribution in [0.4, 0.5) is 13.2 Å². The molecule has 1 heterocycles. The third-order valence-corrected chi connectivity index (χ3v) is 7.30. The Kier molecular flexibility index (Phi) is 7.09. The minimum absolute atomic E-state index is 0.177. The lowest BCUT2D eigenvalue weighted by Crippen LogP contribution is -2.40. The van der Waals surface area contributed by atoms with Gasteiger partial charge in [-0.2, -0.15) is 0 Å². The van der Waals surface area contributed by atoms with E-state index in [-0.39, 0.29) is 23.7 Å². The summed E-state index contributed by atoms with van der Waals surface area (Å²) >= 11 is 0. The van der Waals surface area contributed by atoms with Crippen LogP contribution in [0.1, 0.15) is 58.3 Å². The molecule has 2 atom stereocenters. The number of amides is 1. The van der Waals surface area contributed by atoms with Gasteiger partial charge in [-0.25, -0.2) is 13.2 Å². The fraction of sp³-hybridized carbons (Fsp3) is 0.708. The van der Waals surface area contributed by atoms with Gasteiger partial charge in [0.15, 0.2) is 23.2 Å². The summed E-state index contributed by atoms with van der Waals surface area (Å²) in [7, 11) is 0. The van der Waals surface area contributed by atoms with Gasteiger partial charge in [0.2, 0.25) is 5.91 Å². The highest BCUT2D eigenvalue weighted by Crippen LogP contribution is 2.38. The van der Waals surface area contributed by atoms with E-state index in [9.17, 15) is 18.0 Å². The van der Waals surface area contributed by atoms with Gasteiger partial charge >= 0.3 is 0 Å². The Bertz CT molecular complexity index is 774. The number of nitrogens with one attached hydrogen (secondary N) is 1. The molecular formula is C24H33F3N2O2. The highest BCUT2D eigenvalue weighted by atomic mass is 19.2. The van der Waals surface area contributed by atoms with Gasteiger partial charge in [-0.3, -0.25) is 4.79 Å². The van der Waals surface area contributed by atoms with E-state index in [0.717, 1.165) is 64.2 Å². The number of likely N-dealkylation sites (tertiary alicyclic amines) is 1. The van der Waals surface area contributed by atoms with Crippen molar-refractivity contribution in [3.8, 4) is 5.75 Å². The van der Waals surface area contributed by atoms with Gasteiger partial charge in [0, 0.05) is 37.2 Å². The maximum Gasteiger partial charge on any atom is 0.223 e. The molecule has 1 aromatic rings. The molecule has 0 radical (unpaired) electrons. The summed E-state index contributed by atoms with van der Waals surface area (Å²) in [5.41, 5.74) is 0. The Morgan fingerprint density at radius 3 is 2.32 bits per heavy atom. The third kappa shape index (κ3) is 5.93. The van der Waals surface area contributed by atoms with Crippen LogP contribution >= 0.6 is 0 Å². The smallest absolute Gasteiger partial charge is 0.223 e. The van der Waals surface area contributed by atoms with Crippen molar-refractivity contribution in [2.45, 2.75) is 70.4 Å². The minimum atomic E-state index is -1.20. The highest BCUT2D eigenvalue weighted by molar-refractivity contribution is 5.81. The van der Waals surface area contributed by atoms with Crippen molar-refractivity contribution in [1.29, 1.82) is 0 Å². The first kappa shape index (κ1) is 22.4. The monoisotopic (exact) mass is 438 g/mol. The van der Waals surface area contributed by atoms with Crippen molar-refractivity contribution in [1.82, 2.24) is 10.2 Å². The highest BCUT2D eigenvalue weighted by Gasteiger charge is 2.40. The predicted octanol–water partition coefficient (Wildman–Crippen LogP) is 4.67. The summed E-state index contributed by atoms with van der Waals surface area (Å²) in [5.74, 6) is -1.59. The number of hydrogen-bond donors (Lipinski definition) is 1. The minimum Gasteiger partial charge on any atom is -0.487 e. The van der Waals surface area contributed by atoms with Crippen molar-refractivity contribution in [3.63, 3.8) is 0 Å². The summed E-state index contributed by atoms with van der Waals surface area (Å²) in [6, 6.07) is 1.68. The lowest BCUT2D eigenvalue weighted by Gasteiger charge is -2.34. The van der Waals surface area contributed by atoms with Crippen molar-refractivity contribution in [2.24, 2.45) is 17.8 Å². The number of nitrogens with zero attached hydrogens (tertiary/aromatic N) is 1. The topological polar surface area (TPSA) is 41.6 Å². The molecule has 172 valence electrons. The lowest BCUT2D eigenvalue weighted by atomic mass is 9.84. The van der Waals surface area contributed by atoms with E-state index in [0.29, 0.717) is 23.9 Å². The van der Waals surface area contributed by atoms with Crippen LogP contribution in [-0.2, 0) is 4.79 Å². The zero-order valence-electron chi connectivity index (χ0n) is 18.2. The van der Waals surface area contributed by atoms with Gasteiger partial charge in [-0.1, -0.05) is 6.92 Å². The van der Waals surface area contributed by atoms with E-state index in [1.54, 1.807) is 0 Å². The first-order chi connectivity index (χ1) is 14.9. The Labute approximate surface area is 182 Å². The van der Waals surface area contributed by atoms with E-state index >= 15 is 0 Å². The molecule has 1 aromatic carbocycles. The standard InChI is InChI=1S/C24H33F3N2O2/c1-15-12-19(15)24(30)28-17-4-2-16(3-5-17)6-9-29-10-7-18(8-11-29)31-23-14-21(26)20(25)13-22(23)27/h13-19H,2-12H2,1H3,(H,28,30)/t15-,16?,17?,19-/m1/s1. The van der Waals surface area contributed by atoms with Crippen LogP contribution in [0.15, 0.2) is 12.1 Å². The van der Waals surface area contributed by atoms with E-state index in [1.807, 2.05) is 0 Å². The maximum atomic E-state index is 13.8. The Balaban J connectivity index is 1.12. The molecular weight excluding hydrogens is 405 g/mol. The number of rotatable bonds is 7. The summed E-state index contributed by atoms with van der Waals surface area (Å²) in [5, 5.41) is 3.24. The lowest BCUT2D eigenvalue weighted by molar-refractivity contribution is -0.123. The quantitative estimate of drug-likeness (QED) is 0.629. The number of hydrogen-bond acceptors (Lipinski definition) is 3. The van der Waals surface area contributed by atoms with Crippen molar-refractivity contribution < 1.29 is 22.7 Å². The molecule has 2 aliphatic carbocycles. The fourth-order valence-electron chi connectivity index (χ4n) is 4.98. The van der Waals surface area contributed by atoms with Gasteiger partial charge in [0.25, 0.3) is 0 Å². The molecule has 0 aromatic heterocycles. The fourth-order valence-corrected chi connectivity index (χ4v) is 4.98.